The Labute approximate surface area is 168 Å². The zero-order chi connectivity index (χ0) is 20.2. The van der Waals surface area contributed by atoms with Gasteiger partial charge in [-0.15, -0.1) is 0 Å². The standard InChI is InChI=1S/C20H24N6O3/c1-28-14-3-4-15(16(11-14)29-2)20(27)24-9-10-26-19-18(22-7-8-23-19)17(25-26)13-5-6-21-12-13/h3-4,7-8,11,13,21H,5-6,9-10,12H2,1-2H3,(H,24,27). The van der Waals surface area contributed by atoms with Gasteiger partial charge in [-0.1, -0.05) is 0 Å². The van der Waals surface area contributed by atoms with Crippen LogP contribution in [0.15, 0.2) is 30.6 Å². The molecule has 0 radical (unpaired) electrons. The number of nitrogens with zero attached hydrogens (tertiary/aromatic N) is 4. The van der Waals surface area contributed by atoms with Crippen LogP contribution in [0.5, 0.6) is 11.5 Å². The number of carbonyl (C=O) groups is 1. The number of methoxy groups -OCH3 is 2. The van der Waals surface area contributed by atoms with Gasteiger partial charge in [0.1, 0.15) is 17.0 Å². The van der Waals surface area contributed by atoms with Crippen molar-refractivity contribution in [3.05, 3.63) is 41.9 Å². The second-order valence-electron chi connectivity index (χ2n) is 6.85. The summed E-state index contributed by atoms with van der Waals surface area (Å²) >= 11 is 0. The molecule has 1 aliphatic rings. The van der Waals surface area contributed by atoms with Crippen LogP contribution >= 0.6 is 0 Å². The Morgan fingerprint density at radius 3 is 2.90 bits per heavy atom. The number of fused-ring (bicyclic) bond motifs is 1. The van der Waals surface area contributed by atoms with Crippen LogP contribution in [0.3, 0.4) is 0 Å². The summed E-state index contributed by atoms with van der Waals surface area (Å²) in [6.45, 7) is 2.79. The first-order valence-corrected chi connectivity index (χ1v) is 9.59. The third-order valence-corrected chi connectivity index (χ3v) is 5.10. The van der Waals surface area contributed by atoms with E-state index in [1.807, 2.05) is 4.68 Å². The van der Waals surface area contributed by atoms with Gasteiger partial charge in [-0.25, -0.2) is 14.6 Å². The molecule has 1 amide bonds. The van der Waals surface area contributed by atoms with Gasteiger partial charge in [0.15, 0.2) is 5.65 Å². The minimum Gasteiger partial charge on any atom is -0.497 e. The predicted octanol–water partition coefficient (Wildman–Crippen LogP) is 1.35. The molecule has 3 heterocycles. The van der Waals surface area contributed by atoms with Gasteiger partial charge in [0.25, 0.3) is 5.91 Å². The Balaban J connectivity index is 1.47. The van der Waals surface area contributed by atoms with E-state index >= 15 is 0 Å². The van der Waals surface area contributed by atoms with Crippen LogP contribution < -0.4 is 20.1 Å². The van der Waals surface area contributed by atoms with Crippen molar-refractivity contribution < 1.29 is 14.3 Å². The number of hydrogen-bond acceptors (Lipinski definition) is 7. The van der Waals surface area contributed by atoms with Crippen molar-refractivity contribution in [2.45, 2.75) is 18.9 Å². The summed E-state index contributed by atoms with van der Waals surface area (Å²) in [5.74, 6) is 1.23. The van der Waals surface area contributed by atoms with Gasteiger partial charge < -0.3 is 20.1 Å². The lowest BCUT2D eigenvalue weighted by Gasteiger charge is -2.11. The van der Waals surface area contributed by atoms with E-state index in [1.165, 1.54) is 7.11 Å². The summed E-state index contributed by atoms with van der Waals surface area (Å²) in [5.41, 5.74) is 3.01. The van der Waals surface area contributed by atoms with E-state index in [0.29, 0.717) is 36.1 Å². The minimum atomic E-state index is -0.215. The van der Waals surface area contributed by atoms with Crippen LogP contribution in [0.1, 0.15) is 28.4 Å². The molecule has 152 valence electrons. The SMILES string of the molecule is COc1ccc(C(=O)NCCn2nc(C3CCNC3)c3nccnc32)c(OC)c1. The Hall–Kier alpha value is -3.20. The summed E-state index contributed by atoms with van der Waals surface area (Å²) in [6.07, 6.45) is 4.40. The molecule has 3 aromatic rings. The normalized spacial score (nSPS) is 16.1. The first-order valence-electron chi connectivity index (χ1n) is 9.59. The van der Waals surface area contributed by atoms with Crippen molar-refractivity contribution in [3.8, 4) is 11.5 Å². The van der Waals surface area contributed by atoms with Gasteiger partial charge in [-0.2, -0.15) is 5.10 Å². The Bertz CT molecular complexity index is 1010. The second-order valence-corrected chi connectivity index (χ2v) is 6.85. The molecular formula is C20H24N6O3. The first kappa shape index (κ1) is 19.1. The fourth-order valence-corrected chi connectivity index (χ4v) is 3.60. The molecule has 1 saturated heterocycles. The van der Waals surface area contributed by atoms with Crippen molar-refractivity contribution in [3.63, 3.8) is 0 Å². The van der Waals surface area contributed by atoms with Crippen molar-refractivity contribution >= 4 is 17.1 Å². The number of aromatic nitrogens is 4. The maximum Gasteiger partial charge on any atom is 0.255 e. The number of nitrogens with one attached hydrogen (secondary N) is 2. The lowest BCUT2D eigenvalue weighted by atomic mass is 10.0. The molecule has 0 aliphatic carbocycles. The van der Waals surface area contributed by atoms with Gasteiger partial charge in [-0.3, -0.25) is 4.79 Å². The van der Waals surface area contributed by atoms with Crippen molar-refractivity contribution in [1.29, 1.82) is 0 Å². The van der Waals surface area contributed by atoms with E-state index in [1.54, 1.807) is 37.7 Å². The number of carbonyl (C=O) groups excluding carboxylic acids is 1. The van der Waals surface area contributed by atoms with Crippen LogP contribution in [0.2, 0.25) is 0 Å². The number of benzene rings is 1. The molecule has 9 nitrogen and oxygen atoms in total. The zero-order valence-corrected chi connectivity index (χ0v) is 16.5. The molecular weight excluding hydrogens is 372 g/mol. The molecule has 29 heavy (non-hydrogen) atoms. The van der Waals surface area contributed by atoms with Crippen molar-refractivity contribution in [2.24, 2.45) is 0 Å². The molecule has 2 aromatic heterocycles. The molecule has 0 bridgehead atoms. The molecule has 0 saturated carbocycles. The molecule has 0 spiro atoms. The second kappa shape index (κ2) is 8.44. The highest BCUT2D eigenvalue weighted by molar-refractivity contribution is 5.97. The number of amides is 1. The minimum absolute atomic E-state index is 0.215. The van der Waals surface area contributed by atoms with Crippen LogP contribution in [0.4, 0.5) is 0 Å². The van der Waals surface area contributed by atoms with Crippen LogP contribution in [0.25, 0.3) is 11.2 Å². The van der Waals surface area contributed by atoms with Gasteiger partial charge in [0.05, 0.1) is 32.0 Å². The summed E-state index contributed by atoms with van der Waals surface area (Å²) in [5, 5.41) is 11.0. The van der Waals surface area contributed by atoms with E-state index in [2.05, 4.69) is 20.6 Å². The summed E-state index contributed by atoms with van der Waals surface area (Å²) in [6, 6.07) is 5.11. The molecule has 2 N–H and O–H groups in total. The topological polar surface area (TPSA) is 103 Å². The highest BCUT2D eigenvalue weighted by atomic mass is 16.5. The summed E-state index contributed by atoms with van der Waals surface area (Å²) < 4.78 is 12.3. The Morgan fingerprint density at radius 2 is 2.14 bits per heavy atom. The number of rotatable bonds is 7. The van der Waals surface area contributed by atoms with Crippen molar-refractivity contribution in [2.75, 3.05) is 33.9 Å². The van der Waals surface area contributed by atoms with E-state index in [0.717, 1.165) is 36.4 Å². The maximum absolute atomic E-state index is 12.6. The third kappa shape index (κ3) is 3.86. The highest BCUT2D eigenvalue weighted by Gasteiger charge is 2.24. The fourth-order valence-electron chi connectivity index (χ4n) is 3.60. The summed E-state index contributed by atoms with van der Waals surface area (Å²) in [4.78, 5) is 21.5. The van der Waals surface area contributed by atoms with E-state index in [9.17, 15) is 4.79 Å². The Morgan fingerprint density at radius 1 is 1.28 bits per heavy atom. The monoisotopic (exact) mass is 396 g/mol. The quantitative estimate of drug-likeness (QED) is 0.621. The average Bonchev–Trinajstić information content (AvgIpc) is 3.41. The maximum atomic E-state index is 12.6. The molecule has 1 fully saturated rings. The Kier molecular flexibility index (Phi) is 5.57. The van der Waals surface area contributed by atoms with Gasteiger partial charge in [0, 0.05) is 37.5 Å². The zero-order valence-electron chi connectivity index (χ0n) is 16.5. The first-order chi connectivity index (χ1) is 14.2. The third-order valence-electron chi connectivity index (χ3n) is 5.10. The van der Waals surface area contributed by atoms with Gasteiger partial charge in [0.2, 0.25) is 0 Å². The highest BCUT2D eigenvalue weighted by Crippen LogP contribution is 2.27. The largest absolute Gasteiger partial charge is 0.497 e. The van der Waals surface area contributed by atoms with Crippen LogP contribution in [-0.4, -0.2) is 59.5 Å². The lowest BCUT2D eigenvalue weighted by molar-refractivity contribution is 0.0949. The molecule has 9 heteroatoms. The number of ether oxygens (including phenoxy) is 2. The summed E-state index contributed by atoms with van der Waals surface area (Å²) in [7, 11) is 3.10. The molecule has 1 unspecified atom stereocenters. The van der Waals surface area contributed by atoms with Crippen LogP contribution in [0, 0.1) is 0 Å². The molecule has 1 aromatic carbocycles. The van der Waals surface area contributed by atoms with E-state index < -0.39 is 0 Å². The van der Waals surface area contributed by atoms with E-state index in [4.69, 9.17) is 14.6 Å². The lowest BCUT2D eigenvalue weighted by Crippen LogP contribution is -2.28. The average molecular weight is 396 g/mol. The molecule has 1 aliphatic heterocycles. The predicted molar refractivity (Wildman–Crippen MR) is 107 cm³/mol. The molecule has 1 atom stereocenters. The van der Waals surface area contributed by atoms with Crippen molar-refractivity contribution in [1.82, 2.24) is 30.4 Å². The van der Waals surface area contributed by atoms with Gasteiger partial charge >= 0.3 is 0 Å². The fraction of sp³-hybridized carbons (Fsp3) is 0.400. The smallest absolute Gasteiger partial charge is 0.255 e. The molecule has 4 rings (SSSR count). The van der Waals surface area contributed by atoms with E-state index in [-0.39, 0.29) is 5.91 Å². The van der Waals surface area contributed by atoms with Gasteiger partial charge in [-0.05, 0) is 25.1 Å². The number of hydrogen-bond donors (Lipinski definition) is 2. The van der Waals surface area contributed by atoms with Crippen LogP contribution in [-0.2, 0) is 6.54 Å².